The normalized spacial score (nSPS) is 11.9. The third-order valence-corrected chi connectivity index (χ3v) is 4.03. The van der Waals surface area contributed by atoms with Crippen LogP contribution in [0.4, 0.5) is 13.2 Å². The average molecular weight is 426 g/mol. The Bertz CT molecular complexity index is 878. The van der Waals surface area contributed by atoms with Crippen LogP contribution in [0.5, 0.6) is 11.5 Å². The molecule has 120 valence electrons. The summed E-state index contributed by atoms with van der Waals surface area (Å²) < 4.78 is 45.0. The van der Waals surface area contributed by atoms with Crippen molar-refractivity contribution in [2.75, 3.05) is 0 Å². The van der Waals surface area contributed by atoms with E-state index in [2.05, 4.69) is 25.9 Å². The molecule has 0 aliphatic rings. The highest BCUT2D eigenvalue weighted by Crippen LogP contribution is 2.41. The summed E-state index contributed by atoms with van der Waals surface area (Å²) in [4.78, 5) is 5.66. The van der Waals surface area contributed by atoms with Gasteiger partial charge in [0.1, 0.15) is 16.8 Å². The predicted molar refractivity (Wildman–Crippen MR) is 85.3 cm³/mol. The Hall–Kier alpha value is -1.44. The van der Waals surface area contributed by atoms with Crippen LogP contribution in [-0.4, -0.2) is 9.97 Å². The fourth-order valence-corrected chi connectivity index (χ4v) is 2.74. The Morgan fingerprint density at radius 1 is 1.09 bits per heavy atom. The van der Waals surface area contributed by atoms with Gasteiger partial charge in [0.05, 0.1) is 10.0 Å². The molecule has 0 radical (unpaired) electrons. The molecule has 1 heterocycles. The number of benzene rings is 2. The number of hydrogen-bond acceptors (Lipinski definition) is 2. The Morgan fingerprint density at radius 3 is 2.35 bits per heavy atom. The summed E-state index contributed by atoms with van der Waals surface area (Å²) >= 11 is 15.3. The number of alkyl halides is 3. The number of nitrogens with one attached hydrogen (secondary N) is 1. The molecule has 1 N–H and O–H groups in total. The maximum absolute atomic E-state index is 12.8. The van der Waals surface area contributed by atoms with E-state index < -0.39 is 12.0 Å². The third-order valence-electron chi connectivity index (χ3n) is 2.93. The second kappa shape index (κ2) is 5.89. The number of nitrogens with zero attached hydrogens (tertiary/aromatic N) is 1. The van der Waals surface area contributed by atoms with Crippen molar-refractivity contribution in [3.05, 3.63) is 50.7 Å². The molecule has 3 rings (SSSR count). The Morgan fingerprint density at radius 2 is 1.74 bits per heavy atom. The lowest BCUT2D eigenvalue weighted by Crippen LogP contribution is -2.06. The minimum atomic E-state index is -4.64. The average Bonchev–Trinajstić information content (AvgIpc) is 2.91. The maximum Gasteiger partial charge on any atom is 0.449 e. The van der Waals surface area contributed by atoms with E-state index in [1.165, 1.54) is 6.07 Å². The number of hydrogen-bond donors (Lipinski definition) is 1. The summed E-state index contributed by atoms with van der Waals surface area (Å²) in [6.07, 6.45) is -4.64. The van der Waals surface area contributed by atoms with Gasteiger partial charge >= 0.3 is 6.18 Å². The zero-order chi connectivity index (χ0) is 16.8. The molecule has 0 saturated heterocycles. The number of aromatic amines is 1. The first-order valence-corrected chi connectivity index (χ1v) is 7.69. The number of halogens is 6. The number of imidazole rings is 1. The Kier molecular flexibility index (Phi) is 4.20. The van der Waals surface area contributed by atoms with E-state index in [0.717, 1.165) is 4.47 Å². The minimum absolute atomic E-state index is 0.0000869. The SMILES string of the molecule is FC(F)(F)c1nc2c(Cl)cc(Cl)c(Oc3ccc(Br)cc3)c2[nH]1. The van der Waals surface area contributed by atoms with Crippen LogP contribution in [0, 0.1) is 0 Å². The summed E-state index contributed by atoms with van der Waals surface area (Å²) in [5.41, 5.74) is -0.0757. The summed E-state index contributed by atoms with van der Waals surface area (Å²) in [6.45, 7) is 0. The van der Waals surface area contributed by atoms with Crippen molar-refractivity contribution in [2.24, 2.45) is 0 Å². The quantitative estimate of drug-likeness (QED) is 0.512. The van der Waals surface area contributed by atoms with E-state index in [1.807, 2.05) is 0 Å². The van der Waals surface area contributed by atoms with Gasteiger partial charge in [-0.1, -0.05) is 39.1 Å². The van der Waals surface area contributed by atoms with Crippen molar-refractivity contribution in [1.82, 2.24) is 9.97 Å². The van der Waals surface area contributed by atoms with Gasteiger partial charge in [0.25, 0.3) is 0 Å². The first kappa shape index (κ1) is 16.4. The predicted octanol–water partition coefficient (Wildman–Crippen LogP) is 6.44. The molecule has 2 aromatic carbocycles. The smallest absolute Gasteiger partial charge is 0.449 e. The summed E-state index contributed by atoms with van der Waals surface area (Å²) in [7, 11) is 0. The highest BCUT2D eigenvalue weighted by molar-refractivity contribution is 9.10. The third kappa shape index (κ3) is 3.27. The molecule has 0 aliphatic carbocycles. The van der Waals surface area contributed by atoms with Gasteiger partial charge in [0.2, 0.25) is 5.82 Å². The molecule has 23 heavy (non-hydrogen) atoms. The molecule has 9 heteroatoms. The standard InChI is InChI=1S/C14H6BrCl2F3N2O/c15-6-1-3-7(4-2-6)23-12-9(17)5-8(16)10-11(12)22-13(21-10)14(18,19)20/h1-5H,(H,21,22). The number of ether oxygens (including phenoxy) is 1. The van der Waals surface area contributed by atoms with Crippen molar-refractivity contribution in [2.45, 2.75) is 6.18 Å². The summed E-state index contributed by atoms with van der Waals surface area (Å²) in [5.74, 6) is -0.740. The molecule has 3 aromatic rings. The van der Waals surface area contributed by atoms with Gasteiger partial charge in [-0.3, -0.25) is 0 Å². The molecule has 0 bridgehead atoms. The van der Waals surface area contributed by atoms with Crippen molar-refractivity contribution < 1.29 is 17.9 Å². The van der Waals surface area contributed by atoms with Crippen molar-refractivity contribution in [3.8, 4) is 11.5 Å². The van der Waals surface area contributed by atoms with E-state index in [1.54, 1.807) is 24.3 Å². The summed E-state index contributed by atoms with van der Waals surface area (Å²) in [6, 6.07) is 8.03. The van der Waals surface area contributed by atoms with Gasteiger partial charge in [-0.25, -0.2) is 4.98 Å². The molecule has 1 aromatic heterocycles. The monoisotopic (exact) mass is 424 g/mol. The number of fused-ring (bicyclic) bond motifs is 1. The van der Waals surface area contributed by atoms with Crippen LogP contribution >= 0.6 is 39.1 Å². The number of aromatic nitrogens is 2. The summed E-state index contributed by atoms with van der Waals surface area (Å²) in [5, 5.41) is 0.0719. The van der Waals surface area contributed by atoms with Gasteiger partial charge in [-0.2, -0.15) is 13.2 Å². The van der Waals surface area contributed by atoms with E-state index in [0.29, 0.717) is 5.75 Å². The molecule has 3 nitrogen and oxygen atoms in total. The van der Waals surface area contributed by atoms with E-state index >= 15 is 0 Å². The maximum atomic E-state index is 12.8. The van der Waals surface area contributed by atoms with Crippen molar-refractivity contribution in [1.29, 1.82) is 0 Å². The van der Waals surface area contributed by atoms with Crippen LogP contribution in [0.25, 0.3) is 11.0 Å². The van der Waals surface area contributed by atoms with Crippen LogP contribution in [0.1, 0.15) is 5.82 Å². The molecular formula is C14H6BrCl2F3N2O. The Balaban J connectivity index is 2.15. The lowest BCUT2D eigenvalue weighted by Gasteiger charge is -2.09. The van der Waals surface area contributed by atoms with Gasteiger partial charge in [0.15, 0.2) is 5.75 Å². The zero-order valence-corrected chi connectivity index (χ0v) is 14.1. The topological polar surface area (TPSA) is 37.9 Å². The highest BCUT2D eigenvalue weighted by atomic mass is 79.9. The zero-order valence-electron chi connectivity index (χ0n) is 11.0. The van der Waals surface area contributed by atoms with Gasteiger partial charge in [0, 0.05) is 4.47 Å². The van der Waals surface area contributed by atoms with E-state index in [9.17, 15) is 13.2 Å². The molecule has 0 saturated carbocycles. The van der Waals surface area contributed by atoms with Gasteiger partial charge < -0.3 is 9.72 Å². The first-order valence-electron chi connectivity index (χ1n) is 6.14. The minimum Gasteiger partial charge on any atom is -0.454 e. The van der Waals surface area contributed by atoms with Crippen LogP contribution in [0.15, 0.2) is 34.8 Å². The molecular weight excluding hydrogens is 420 g/mol. The second-order valence-electron chi connectivity index (χ2n) is 4.53. The van der Waals surface area contributed by atoms with E-state index in [-0.39, 0.29) is 26.8 Å². The molecule has 0 atom stereocenters. The first-order chi connectivity index (χ1) is 10.8. The fourth-order valence-electron chi connectivity index (χ4n) is 1.93. The highest BCUT2D eigenvalue weighted by Gasteiger charge is 2.35. The molecule has 0 unspecified atom stereocenters. The van der Waals surface area contributed by atoms with Crippen LogP contribution in [0.3, 0.4) is 0 Å². The number of rotatable bonds is 2. The van der Waals surface area contributed by atoms with Crippen LogP contribution < -0.4 is 4.74 Å². The lowest BCUT2D eigenvalue weighted by atomic mass is 10.3. The Labute approximate surface area is 146 Å². The number of H-pyrrole nitrogens is 1. The molecule has 0 fully saturated rings. The van der Waals surface area contributed by atoms with E-state index in [4.69, 9.17) is 27.9 Å². The van der Waals surface area contributed by atoms with Crippen LogP contribution in [-0.2, 0) is 6.18 Å². The van der Waals surface area contributed by atoms with Gasteiger partial charge in [-0.15, -0.1) is 0 Å². The van der Waals surface area contributed by atoms with Crippen molar-refractivity contribution >= 4 is 50.2 Å². The molecule has 0 aliphatic heterocycles. The van der Waals surface area contributed by atoms with Gasteiger partial charge in [-0.05, 0) is 30.3 Å². The second-order valence-corrected chi connectivity index (χ2v) is 6.26. The van der Waals surface area contributed by atoms with Crippen LogP contribution in [0.2, 0.25) is 10.0 Å². The largest absolute Gasteiger partial charge is 0.454 e. The molecule has 0 spiro atoms. The fraction of sp³-hybridized carbons (Fsp3) is 0.0714. The lowest BCUT2D eigenvalue weighted by molar-refractivity contribution is -0.144. The molecule has 0 amide bonds. The van der Waals surface area contributed by atoms with Crippen molar-refractivity contribution in [3.63, 3.8) is 0 Å².